The first-order chi connectivity index (χ1) is 9.59. The summed E-state index contributed by atoms with van der Waals surface area (Å²) in [6.45, 7) is 6.57. The highest BCUT2D eigenvalue weighted by Crippen LogP contribution is 2.40. The van der Waals surface area contributed by atoms with Crippen LogP contribution in [0.4, 0.5) is 0 Å². The number of hydrogen-bond acceptors (Lipinski definition) is 2. The third-order valence-electron chi connectivity index (χ3n) is 5.21. The Morgan fingerprint density at radius 1 is 1.10 bits per heavy atom. The number of amides is 1. The van der Waals surface area contributed by atoms with E-state index in [1.54, 1.807) is 0 Å². The Labute approximate surface area is 121 Å². The number of nitrogens with one attached hydrogen (secondary N) is 1. The van der Waals surface area contributed by atoms with Gasteiger partial charge in [0.15, 0.2) is 0 Å². The summed E-state index contributed by atoms with van der Waals surface area (Å²) in [5, 5.41) is 3.46. The first-order valence-electron chi connectivity index (χ1n) is 7.72. The number of nitrogens with zero attached hydrogens (tertiary/aromatic N) is 1. The van der Waals surface area contributed by atoms with Crippen molar-refractivity contribution in [3.05, 3.63) is 35.9 Å². The van der Waals surface area contributed by atoms with Crippen LogP contribution in [0.15, 0.2) is 30.3 Å². The zero-order valence-corrected chi connectivity index (χ0v) is 12.5. The van der Waals surface area contributed by atoms with E-state index in [4.69, 9.17) is 0 Å². The van der Waals surface area contributed by atoms with Crippen LogP contribution in [-0.2, 0) is 4.79 Å². The third kappa shape index (κ3) is 2.14. The van der Waals surface area contributed by atoms with Gasteiger partial charge in [0.1, 0.15) is 6.17 Å². The molecule has 5 atom stereocenters. The second-order valence-corrected chi connectivity index (χ2v) is 6.43. The van der Waals surface area contributed by atoms with Crippen LogP contribution >= 0.6 is 0 Å². The summed E-state index contributed by atoms with van der Waals surface area (Å²) >= 11 is 0. The van der Waals surface area contributed by atoms with Gasteiger partial charge in [-0.25, -0.2) is 0 Å². The van der Waals surface area contributed by atoms with Crippen molar-refractivity contribution in [3.8, 4) is 0 Å². The quantitative estimate of drug-likeness (QED) is 0.897. The summed E-state index contributed by atoms with van der Waals surface area (Å²) in [7, 11) is 0. The number of carbonyl (C=O) groups excluding carboxylic acids is 1. The molecule has 1 heterocycles. The lowest BCUT2D eigenvalue weighted by molar-refractivity contribution is -0.132. The second kappa shape index (κ2) is 5.21. The normalized spacial score (nSPS) is 37.6. The first kappa shape index (κ1) is 13.6. The Morgan fingerprint density at radius 3 is 2.40 bits per heavy atom. The van der Waals surface area contributed by atoms with E-state index in [0.717, 1.165) is 6.42 Å². The lowest BCUT2D eigenvalue weighted by Crippen LogP contribution is -2.42. The molecule has 3 nitrogen and oxygen atoms in total. The van der Waals surface area contributed by atoms with E-state index in [2.05, 4.69) is 36.2 Å². The second-order valence-electron chi connectivity index (χ2n) is 6.43. The maximum atomic E-state index is 12.6. The van der Waals surface area contributed by atoms with Crippen molar-refractivity contribution < 1.29 is 4.79 Å². The topological polar surface area (TPSA) is 32.3 Å². The van der Waals surface area contributed by atoms with Gasteiger partial charge in [-0.1, -0.05) is 44.2 Å². The largest absolute Gasteiger partial charge is 0.318 e. The molecule has 20 heavy (non-hydrogen) atoms. The van der Waals surface area contributed by atoms with Crippen molar-refractivity contribution in [3.63, 3.8) is 0 Å². The summed E-state index contributed by atoms with van der Waals surface area (Å²) < 4.78 is 0. The van der Waals surface area contributed by atoms with E-state index in [1.165, 1.54) is 12.0 Å². The lowest BCUT2D eigenvalue weighted by atomic mass is 9.96. The zero-order chi connectivity index (χ0) is 14.3. The highest BCUT2D eigenvalue weighted by Gasteiger charge is 2.45. The summed E-state index contributed by atoms with van der Waals surface area (Å²) in [5.41, 5.74) is 1.19. The molecule has 1 aromatic rings. The molecule has 1 aromatic carbocycles. The minimum Gasteiger partial charge on any atom is -0.318 e. The molecule has 1 N–H and O–H groups in total. The van der Waals surface area contributed by atoms with Gasteiger partial charge in [0, 0.05) is 6.04 Å². The molecule has 1 aliphatic carbocycles. The van der Waals surface area contributed by atoms with Gasteiger partial charge in [0.2, 0.25) is 5.91 Å². The average Bonchev–Trinajstić information content (AvgIpc) is 2.93. The number of rotatable bonds is 2. The van der Waals surface area contributed by atoms with Gasteiger partial charge in [0.05, 0.1) is 6.04 Å². The highest BCUT2D eigenvalue weighted by atomic mass is 16.2. The summed E-state index contributed by atoms with van der Waals surface area (Å²) in [6.07, 6.45) is 2.40. The van der Waals surface area contributed by atoms with Gasteiger partial charge in [-0.2, -0.15) is 0 Å². The summed E-state index contributed by atoms with van der Waals surface area (Å²) in [5.74, 6) is 1.54. The Kier molecular flexibility index (Phi) is 3.55. The number of hydrogen-bond donors (Lipinski definition) is 1. The van der Waals surface area contributed by atoms with Crippen LogP contribution in [0.2, 0.25) is 0 Å². The third-order valence-corrected chi connectivity index (χ3v) is 5.21. The predicted octanol–water partition coefficient (Wildman–Crippen LogP) is 2.94. The van der Waals surface area contributed by atoms with E-state index in [1.807, 2.05) is 25.1 Å². The van der Waals surface area contributed by atoms with E-state index in [9.17, 15) is 4.79 Å². The minimum absolute atomic E-state index is 0.0384. The van der Waals surface area contributed by atoms with Gasteiger partial charge in [-0.3, -0.25) is 10.1 Å². The van der Waals surface area contributed by atoms with Gasteiger partial charge < -0.3 is 4.90 Å². The molecule has 0 radical (unpaired) electrons. The number of carbonyl (C=O) groups is 1. The SMILES string of the molecule is CC1NC(c2ccccc2)N(C2CCC(C)C2C)C1=O. The van der Waals surface area contributed by atoms with Gasteiger partial charge in [-0.15, -0.1) is 0 Å². The van der Waals surface area contributed by atoms with Crippen molar-refractivity contribution in [1.29, 1.82) is 0 Å². The molecule has 0 bridgehead atoms. The molecule has 1 aliphatic heterocycles. The van der Waals surface area contributed by atoms with E-state index >= 15 is 0 Å². The van der Waals surface area contributed by atoms with E-state index in [-0.39, 0.29) is 18.1 Å². The Morgan fingerprint density at radius 2 is 1.80 bits per heavy atom. The van der Waals surface area contributed by atoms with Crippen LogP contribution in [0, 0.1) is 11.8 Å². The van der Waals surface area contributed by atoms with Crippen LogP contribution < -0.4 is 5.32 Å². The minimum atomic E-state index is -0.0803. The molecule has 1 saturated heterocycles. The van der Waals surface area contributed by atoms with Crippen molar-refractivity contribution in [1.82, 2.24) is 10.2 Å². The maximum absolute atomic E-state index is 12.6. The maximum Gasteiger partial charge on any atom is 0.241 e. The van der Waals surface area contributed by atoms with Crippen molar-refractivity contribution in [2.45, 2.75) is 51.9 Å². The van der Waals surface area contributed by atoms with Crippen molar-refractivity contribution in [2.24, 2.45) is 11.8 Å². The Hall–Kier alpha value is -1.35. The Bertz CT molecular complexity index is 487. The molecular formula is C17H24N2O. The highest BCUT2D eigenvalue weighted by molar-refractivity contribution is 5.84. The Balaban J connectivity index is 1.91. The van der Waals surface area contributed by atoms with Crippen LogP contribution in [0.5, 0.6) is 0 Å². The van der Waals surface area contributed by atoms with Crippen LogP contribution in [0.3, 0.4) is 0 Å². The zero-order valence-electron chi connectivity index (χ0n) is 12.5. The molecule has 1 saturated carbocycles. The molecule has 5 unspecified atom stereocenters. The van der Waals surface area contributed by atoms with Crippen molar-refractivity contribution >= 4 is 5.91 Å². The van der Waals surface area contributed by atoms with Crippen LogP contribution in [-0.4, -0.2) is 22.9 Å². The fourth-order valence-corrected chi connectivity index (χ4v) is 3.72. The fourth-order valence-electron chi connectivity index (χ4n) is 3.72. The number of benzene rings is 1. The molecule has 1 amide bonds. The monoisotopic (exact) mass is 272 g/mol. The molecule has 2 aliphatic rings. The molecule has 3 rings (SSSR count). The smallest absolute Gasteiger partial charge is 0.241 e. The first-order valence-corrected chi connectivity index (χ1v) is 7.72. The molecule has 108 valence electrons. The van der Waals surface area contributed by atoms with E-state index < -0.39 is 0 Å². The molecule has 0 aromatic heterocycles. The standard InChI is InChI=1S/C17H24N2O/c1-11-9-10-15(12(11)2)19-16(18-13(3)17(19)20)14-7-5-4-6-8-14/h4-8,11-13,15-16,18H,9-10H2,1-3H3. The predicted molar refractivity (Wildman–Crippen MR) is 80.0 cm³/mol. The molecule has 3 heteroatoms. The fraction of sp³-hybridized carbons (Fsp3) is 0.588. The van der Waals surface area contributed by atoms with Crippen LogP contribution in [0.25, 0.3) is 0 Å². The molecule has 2 fully saturated rings. The molecule has 0 spiro atoms. The summed E-state index contributed by atoms with van der Waals surface area (Å²) in [6, 6.07) is 10.6. The van der Waals surface area contributed by atoms with Gasteiger partial charge in [0.25, 0.3) is 0 Å². The summed E-state index contributed by atoms with van der Waals surface area (Å²) in [4.78, 5) is 14.7. The van der Waals surface area contributed by atoms with Crippen molar-refractivity contribution in [2.75, 3.05) is 0 Å². The molecular weight excluding hydrogens is 248 g/mol. The van der Waals surface area contributed by atoms with Crippen LogP contribution in [0.1, 0.15) is 45.3 Å². The van der Waals surface area contributed by atoms with Gasteiger partial charge in [-0.05, 0) is 37.2 Å². The van der Waals surface area contributed by atoms with E-state index in [0.29, 0.717) is 17.9 Å². The van der Waals surface area contributed by atoms with Gasteiger partial charge >= 0.3 is 0 Å². The average molecular weight is 272 g/mol. The lowest BCUT2D eigenvalue weighted by Gasteiger charge is -2.34.